The van der Waals surface area contributed by atoms with Gasteiger partial charge in [-0.2, -0.15) is 0 Å². The van der Waals surface area contributed by atoms with Crippen LogP contribution in [0.5, 0.6) is 0 Å². The van der Waals surface area contributed by atoms with Crippen LogP contribution in [-0.2, 0) is 6.42 Å². The summed E-state index contributed by atoms with van der Waals surface area (Å²) in [6.45, 7) is 5.36. The minimum Gasteiger partial charge on any atom is -0.368 e. The summed E-state index contributed by atoms with van der Waals surface area (Å²) in [5, 5.41) is 3.56. The van der Waals surface area contributed by atoms with E-state index in [9.17, 15) is 4.79 Å². The first kappa shape index (κ1) is 16.6. The second-order valence-electron chi connectivity index (χ2n) is 7.15. The van der Waals surface area contributed by atoms with E-state index in [0.29, 0.717) is 0 Å². The van der Waals surface area contributed by atoms with Crippen LogP contribution in [0.15, 0.2) is 52.6 Å². The van der Waals surface area contributed by atoms with Crippen LogP contribution in [0.4, 0.5) is 5.69 Å². The van der Waals surface area contributed by atoms with Gasteiger partial charge in [-0.25, -0.2) is 4.79 Å². The Balaban J connectivity index is 1.21. The SMILES string of the molecule is O=c1[nH]c2ccc(CCN3CCN(c4cccc5sccc45)CC3)cc2[nH]1. The van der Waals surface area contributed by atoms with Gasteiger partial charge in [0.2, 0.25) is 0 Å². The monoisotopic (exact) mass is 378 g/mol. The molecule has 3 heterocycles. The third kappa shape index (κ3) is 3.26. The van der Waals surface area contributed by atoms with Crippen LogP contribution in [0.3, 0.4) is 0 Å². The molecule has 2 N–H and O–H groups in total. The van der Waals surface area contributed by atoms with Crippen molar-refractivity contribution in [3.05, 3.63) is 63.9 Å². The number of benzene rings is 2. The van der Waals surface area contributed by atoms with E-state index >= 15 is 0 Å². The van der Waals surface area contributed by atoms with Gasteiger partial charge >= 0.3 is 5.69 Å². The van der Waals surface area contributed by atoms with Gasteiger partial charge in [-0.3, -0.25) is 4.90 Å². The van der Waals surface area contributed by atoms with Crippen molar-refractivity contribution in [2.24, 2.45) is 0 Å². The molecule has 0 amide bonds. The molecule has 0 unspecified atom stereocenters. The molecular weight excluding hydrogens is 356 g/mol. The van der Waals surface area contributed by atoms with Crippen molar-refractivity contribution in [2.75, 3.05) is 37.6 Å². The number of piperazine rings is 1. The van der Waals surface area contributed by atoms with E-state index in [1.54, 1.807) is 0 Å². The van der Waals surface area contributed by atoms with Crippen molar-refractivity contribution in [3.63, 3.8) is 0 Å². The first-order valence-electron chi connectivity index (χ1n) is 9.41. The Morgan fingerprint density at radius 2 is 1.81 bits per heavy atom. The highest BCUT2D eigenvalue weighted by Gasteiger charge is 2.18. The number of nitrogens with one attached hydrogen (secondary N) is 2. The fourth-order valence-electron chi connectivity index (χ4n) is 3.99. The number of nitrogens with zero attached hydrogens (tertiary/aromatic N) is 2. The number of H-pyrrole nitrogens is 2. The molecule has 0 saturated carbocycles. The molecule has 6 heteroatoms. The molecule has 138 valence electrons. The van der Waals surface area contributed by atoms with Crippen LogP contribution in [0.1, 0.15) is 5.56 Å². The maximum Gasteiger partial charge on any atom is 0.323 e. The summed E-state index contributed by atoms with van der Waals surface area (Å²) < 4.78 is 1.37. The zero-order chi connectivity index (χ0) is 18.2. The zero-order valence-electron chi connectivity index (χ0n) is 15.1. The minimum absolute atomic E-state index is 0.140. The summed E-state index contributed by atoms with van der Waals surface area (Å²) in [5.74, 6) is 0. The molecule has 2 aromatic heterocycles. The van der Waals surface area contributed by atoms with Crippen molar-refractivity contribution >= 4 is 38.1 Å². The fourth-order valence-corrected chi connectivity index (χ4v) is 4.80. The van der Waals surface area contributed by atoms with Crippen LogP contribution in [0.2, 0.25) is 0 Å². The maximum absolute atomic E-state index is 11.4. The Morgan fingerprint density at radius 3 is 2.70 bits per heavy atom. The quantitative estimate of drug-likeness (QED) is 0.572. The topological polar surface area (TPSA) is 55.1 Å². The third-order valence-electron chi connectivity index (χ3n) is 5.48. The van der Waals surface area contributed by atoms with Crippen LogP contribution < -0.4 is 10.6 Å². The summed E-state index contributed by atoms with van der Waals surface area (Å²) in [6, 6.07) is 15.0. The summed E-state index contributed by atoms with van der Waals surface area (Å²) in [4.78, 5) is 22.1. The van der Waals surface area contributed by atoms with Crippen LogP contribution in [0.25, 0.3) is 21.1 Å². The third-order valence-corrected chi connectivity index (χ3v) is 6.36. The van der Waals surface area contributed by atoms with E-state index in [-0.39, 0.29) is 5.69 Å². The fraction of sp³-hybridized carbons (Fsp3) is 0.286. The lowest BCUT2D eigenvalue weighted by molar-refractivity contribution is 0.261. The second kappa shape index (κ2) is 6.87. The molecule has 1 aliphatic rings. The smallest absolute Gasteiger partial charge is 0.323 e. The number of anilines is 1. The molecule has 5 nitrogen and oxygen atoms in total. The Hall–Kier alpha value is -2.57. The van der Waals surface area contributed by atoms with Gasteiger partial charge < -0.3 is 14.9 Å². The standard InChI is InChI=1S/C21H22N4OS/c26-21-22-17-5-4-15(14-18(17)23-21)6-8-24-9-11-25(12-10-24)19-2-1-3-20-16(19)7-13-27-20/h1-5,7,13-14H,6,8-12H2,(H2,22,23,26). The summed E-state index contributed by atoms with van der Waals surface area (Å²) in [6.07, 6.45) is 1.00. The maximum atomic E-state index is 11.4. The van der Waals surface area contributed by atoms with Gasteiger partial charge in [-0.15, -0.1) is 11.3 Å². The van der Waals surface area contributed by atoms with E-state index in [1.807, 2.05) is 17.4 Å². The number of rotatable bonds is 4. The number of imidazole rings is 1. The number of thiophene rings is 1. The molecule has 0 aliphatic carbocycles. The molecule has 5 rings (SSSR count). The van der Waals surface area contributed by atoms with Crippen LogP contribution in [0, 0.1) is 0 Å². The lowest BCUT2D eigenvalue weighted by Gasteiger charge is -2.36. The van der Waals surface area contributed by atoms with Gasteiger partial charge in [0.25, 0.3) is 0 Å². The number of aromatic amines is 2. The zero-order valence-corrected chi connectivity index (χ0v) is 15.9. The molecule has 1 saturated heterocycles. The van der Waals surface area contributed by atoms with E-state index in [1.165, 1.54) is 21.3 Å². The molecular formula is C21H22N4OS. The lowest BCUT2D eigenvalue weighted by atomic mass is 10.1. The van der Waals surface area contributed by atoms with E-state index < -0.39 is 0 Å². The van der Waals surface area contributed by atoms with Gasteiger partial charge in [0, 0.05) is 48.5 Å². The molecule has 1 aliphatic heterocycles. The Kier molecular flexibility index (Phi) is 4.22. The lowest BCUT2D eigenvalue weighted by Crippen LogP contribution is -2.47. The van der Waals surface area contributed by atoms with Crippen molar-refractivity contribution in [2.45, 2.75) is 6.42 Å². The predicted octanol–water partition coefficient (Wildman–Crippen LogP) is 3.44. The normalized spacial score (nSPS) is 15.8. The molecule has 4 aromatic rings. The molecule has 0 radical (unpaired) electrons. The molecule has 0 spiro atoms. The van der Waals surface area contributed by atoms with Gasteiger partial charge in [0.15, 0.2) is 0 Å². The number of hydrogen-bond donors (Lipinski definition) is 2. The van der Waals surface area contributed by atoms with E-state index in [4.69, 9.17) is 0 Å². The number of fused-ring (bicyclic) bond motifs is 2. The summed E-state index contributed by atoms with van der Waals surface area (Å²) >= 11 is 1.81. The number of aromatic nitrogens is 2. The van der Waals surface area contributed by atoms with Crippen molar-refractivity contribution < 1.29 is 0 Å². The predicted molar refractivity (Wildman–Crippen MR) is 113 cm³/mol. The minimum atomic E-state index is -0.140. The molecule has 0 bridgehead atoms. The molecule has 1 fully saturated rings. The van der Waals surface area contributed by atoms with Crippen molar-refractivity contribution in [1.29, 1.82) is 0 Å². The second-order valence-corrected chi connectivity index (χ2v) is 8.09. The summed E-state index contributed by atoms with van der Waals surface area (Å²) in [5.41, 5.74) is 4.27. The van der Waals surface area contributed by atoms with E-state index in [0.717, 1.165) is 50.2 Å². The van der Waals surface area contributed by atoms with Crippen LogP contribution >= 0.6 is 11.3 Å². The highest BCUT2D eigenvalue weighted by molar-refractivity contribution is 7.17. The molecule has 27 heavy (non-hydrogen) atoms. The van der Waals surface area contributed by atoms with Crippen molar-refractivity contribution in [1.82, 2.24) is 14.9 Å². The van der Waals surface area contributed by atoms with Gasteiger partial charge in [0.05, 0.1) is 11.0 Å². The van der Waals surface area contributed by atoms with Gasteiger partial charge in [-0.05, 0) is 47.7 Å². The summed E-state index contributed by atoms with van der Waals surface area (Å²) in [7, 11) is 0. The number of hydrogen-bond acceptors (Lipinski definition) is 4. The van der Waals surface area contributed by atoms with Gasteiger partial charge in [-0.1, -0.05) is 12.1 Å². The first-order chi connectivity index (χ1) is 13.3. The Bertz CT molecular complexity index is 1130. The van der Waals surface area contributed by atoms with Gasteiger partial charge in [0.1, 0.15) is 0 Å². The first-order valence-corrected chi connectivity index (χ1v) is 10.3. The average Bonchev–Trinajstić information content (AvgIpc) is 3.31. The Labute approximate surface area is 161 Å². The average molecular weight is 379 g/mol. The van der Waals surface area contributed by atoms with Crippen LogP contribution in [-0.4, -0.2) is 47.6 Å². The molecule has 0 atom stereocenters. The highest BCUT2D eigenvalue weighted by Crippen LogP contribution is 2.31. The largest absolute Gasteiger partial charge is 0.368 e. The van der Waals surface area contributed by atoms with E-state index in [2.05, 4.69) is 61.5 Å². The molecule has 2 aromatic carbocycles. The highest BCUT2D eigenvalue weighted by atomic mass is 32.1. The Morgan fingerprint density at radius 1 is 0.963 bits per heavy atom. The van der Waals surface area contributed by atoms with Crippen molar-refractivity contribution in [3.8, 4) is 0 Å².